The van der Waals surface area contributed by atoms with Crippen LogP contribution in [0.1, 0.15) is 35.3 Å². The van der Waals surface area contributed by atoms with Crippen LogP contribution in [0, 0.1) is 0 Å². The maximum absolute atomic E-state index is 13.0. The number of rotatable bonds is 3. The van der Waals surface area contributed by atoms with Gasteiger partial charge in [0.05, 0.1) is 15.7 Å². The van der Waals surface area contributed by atoms with E-state index in [0.717, 1.165) is 18.7 Å². The zero-order valence-electron chi connectivity index (χ0n) is 17.6. The summed E-state index contributed by atoms with van der Waals surface area (Å²) in [5.74, 6) is 0.239. The van der Waals surface area contributed by atoms with Crippen LogP contribution in [-0.2, 0) is 12.0 Å². The molecule has 0 saturated carbocycles. The van der Waals surface area contributed by atoms with E-state index in [0.29, 0.717) is 21.7 Å². The Morgan fingerprint density at radius 2 is 1.97 bits per heavy atom. The third-order valence-corrected chi connectivity index (χ3v) is 6.38. The van der Waals surface area contributed by atoms with E-state index in [-0.39, 0.29) is 29.6 Å². The first-order chi connectivity index (χ1) is 15.3. The molecule has 2 aliphatic rings. The minimum Gasteiger partial charge on any atom is -0.455 e. The van der Waals surface area contributed by atoms with E-state index in [2.05, 4.69) is 46.6 Å². The van der Waals surface area contributed by atoms with Crippen molar-refractivity contribution >= 4 is 46.4 Å². The van der Waals surface area contributed by atoms with Gasteiger partial charge in [-0.05, 0) is 62.2 Å². The standard InChI is InChI=1S/C23H21Cl2N5O2/c1-23(2)16-10-14(7-6-13(16)8-9-27-23)28-22-26-11-15-20(29-22)32-12-30(21(15)31)19-17(24)4-3-5-18(19)25/h3-7,10-11,27H,8-9,12H2,1-2H3,(H,26,28,29). The normalized spacial score (nSPS) is 16.8. The quantitative estimate of drug-likeness (QED) is 0.567. The van der Waals surface area contributed by atoms with Gasteiger partial charge in [-0.3, -0.25) is 9.69 Å². The lowest BCUT2D eigenvalue weighted by Crippen LogP contribution is -2.42. The zero-order valence-corrected chi connectivity index (χ0v) is 19.1. The summed E-state index contributed by atoms with van der Waals surface area (Å²) in [6, 6.07) is 11.3. The topological polar surface area (TPSA) is 79.4 Å². The molecule has 2 aliphatic heterocycles. The molecule has 0 bridgehead atoms. The number of amides is 1. The second-order valence-electron chi connectivity index (χ2n) is 8.29. The van der Waals surface area contributed by atoms with E-state index in [1.54, 1.807) is 18.2 Å². The maximum Gasteiger partial charge on any atom is 0.268 e. The number of fused-ring (bicyclic) bond motifs is 2. The van der Waals surface area contributed by atoms with E-state index in [1.165, 1.54) is 22.2 Å². The van der Waals surface area contributed by atoms with E-state index in [9.17, 15) is 4.79 Å². The molecule has 164 valence electrons. The van der Waals surface area contributed by atoms with Crippen molar-refractivity contribution in [2.24, 2.45) is 0 Å². The van der Waals surface area contributed by atoms with Crippen molar-refractivity contribution in [3.05, 3.63) is 69.3 Å². The summed E-state index contributed by atoms with van der Waals surface area (Å²) in [7, 11) is 0. The van der Waals surface area contributed by atoms with Crippen LogP contribution in [0.2, 0.25) is 10.0 Å². The zero-order chi connectivity index (χ0) is 22.5. The smallest absolute Gasteiger partial charge is 0.268 e. The Bertz CT molecular complexity index is 1210. The molecule has 5 rings (SSSR count). The molecule has 0 spiro atoms. The van der Waals surface area contributed by atoms with E-state index in [4.69, 9.17) is 27.9 Å². The second-order valence-corrected chi connectivity index (χ2v) is 9.10. The van der Waals surface area contributed by atoms with Crippen LogP contribution >= 0.6 is 23.2 Å². The fraction of sp³-hybridized carbons (Fsp3) is 0.261. The third-order valence-electron chi connectivity index (χ3n) is 5.77. The highest BCUT2D eigenvalue weighted by Gasteiger charge is 2.31. The number of nitrogens with one attached hydrogen (secondary N) is 2. The fourth-order valence-electron chi connectivity index (χ4n) is 4.11. The molecule has 0 fully saturated rings. The molecule has 0 saturated heterocycles. The van der Waals surface area contributed by atoms with Crippen molar-refractivity contribution in [1.82, 2.24) is 15.3 Å². The van der Waals surface area contributed by atoms with Gasteiger partial charge in [0, 0.05) is 17.4 Å². The number of hydrogen-bond donors (Lipinski definition) is 2. The Balaban J connectivity index is 1.41. The van der Waals surface area contributed by atoms with Crippen LogP contribution in [-0.4, -0.2) is 29.2 Å². The minimum atomic E-state index is -0.325. The van der Waals surface area contributed by atoms with Gasteiger partial charge in [0.25, 0.3) is 5.91 Å². The van der Waals surface area contributed by atoms with Crippen LogP contribution in [0.5, 0.6) is 5.88 Å². The number of hydrogen-bond acceptors (Lipinski definition) is 6. The van der Waals surface area contributed by atoms with Gasteiger partial charge in [-0.2, -0.15) is 4.98 Å². The monoisotopic (exact) mass is 469 g/mol. The summed E-state index contributed by atoms with van der Waals surface area (Å²) in [6.45, 7) is 5.24. The van der Waals surface area contributed by atoms with Crippen molar-refractivity contribution in [1.29, 1.82) is 0 Å². The van der Waals surface area contributed by atoms with Crippen LogP contribution in [0.3, 0.4) is 0 Å². The SMILES string of the molecule is CC1(C)NCCc2ccc(Nc3ncc4c(n3)OCN(c3c(Cl)cccc3Cl)C4=O)cc21. The van der Waals surface area contributed by atoms with Crippen LogP contribution in [0.15, 0.2) is 42.6 Å². The average Bonchev–Trinajstić information content (AvgIpc) is 2.75. The van der Waals surface area contributed by atoms with Crippen molar-refractivity contribution in [2.75, 3.05) is 23.5 Å². The molecule has 1 amide bonds. The largest absolute Gasteiger partial charge is 0.455 e. The molecule has 0 unspecified atom stereocenters. The number of halogens is 2. The Morgan fingerprint density at radius 1 is 1.19 bits per heavy atom. The molecule has 3 aromatic rings. The Morgan fingerprint density at radius 3 is 2.75 bits per heavy atom. The molecule has 0 atom stereocenters. The molecular weight excluding hydrogens is 449 g/mol. The van der Waals surface area contributed by atoms with Gasteiger partial charge in [-0.1, -0.05) is 35.3 Å². The summed E-state index contributed by atoms with van der Waals surface area (Å²) in [6.07, 6.45) is 2.45. The first-order valence-electron chi connectivity index (χ1n) is 10.2. The summed E-state index contributed by atoms with van der Waals surface area (Å²) >= 11 is 12.5. The van der Waals surface area contributed by atoms with Gasteiger partial charge in [-0.15, -0.1) is 0 Å². The van der Waals surface area contributed by atoms with E-state index < -0.39 is 0 Å². The predicted octanol–water partition coefficient (Wildman–Crippen LogP) is 4.90. The Kier molecular flexibility index (Phi) is 5.20. The second kappa shape index (κ2) is 7.92. The van der Waals surface area contributed by atoms with Gasteiger partial charge >= 0.3 is 0 Å². The highest BCUT2D eigenvalue weighted by Crippen LogP contribution is 2.37. The minimum absolute atomic E-state index is 0.0511. The van der Waals surface area contributed by atoms with Crippen molar-refractivity contribution in [2.45, 2.75) is 25.8 Å². The van der Waals surface area contributed by atoms with Crippen molar-refractivity contribution in [3.8, 4) is 5.88 Å². The molecule has 0 radical (unpaired) electrons. The number of ether oxygens (including phenoxy) is 1. The highest BCUT2D eigenvalue weighted by atomic mass is 35.5. The maximum atomic E-state index is 13.0. The summed E-state index contributed by atoms with van der Waals surface area (Å²) in [5.41, 5.74) is 3.98. The Labute approximate surface area is 195 Å². The molecular formula is C23H21Cl2N5O2. The number of nitrogens with zero attached hydrogens (tertiary/aromatic N) is 3. The molecule has 7 nitrogen and oxygen atoms in total. The lowest BCUT2D eigenvalue weighted by molar-refractivity contribution is 0.0932. The van der Waals surface area contributed by atoms with Crippen LogP contribution in [0.25, 0.3) is 0 Å². The van der Waals surface area contributed by atoms with Crippen LogP contribution in [0.4, 0.5) is 17.3 Å². The van der Waals surface area contributed by atoms with E-state index in [1.807, 2.05) is 6.07 Å². The fourth-order valence-corrected chi connectivity index (χ4v) is 4.72. The highest BCUT2D eigenvalue weighted by molar-refractivity contribution is 6.40. The number of anilines is 3. The summed E-state index contributed by atoms with van der Waals surface area (Å²) < 4.78 is 5.76. The summed E-state index contributed by atoms with van der Waals surface area (Å²) in [5, 5.41) is 7.48. The first-order valence-corrected chi connectivity index (χ1v) is 11.0. The first kappa shape index (κ1) is 21.0. The van der Waals surface area contributed by atoms with E-state index >= 15 is 0 Å². The number of carbonyl (C=O) groups is 1. The summed E-state index contributed by atoms with van der Waals surface area (Å²) in [4.78, 5) is 23.2. The number of aromatic nitrogens is 2. The molecule has 32 heavy (non-hydrogen) atoms. The molecule has 1 aromatic heterocycles. The molecule has 3 heterocycles. The molecule has 0 aliphatic carbocycles. The van der Waals surface area contributed by atoms with Crippen molar-refractivity contribution < 1.29 is 9.53 Å². The van der Waals surface area contributed by atoms with Gasteiger partial charge in [0.15, 0.2) is 6.73 Å². The predicted molar refractivity (Wildman–Crippen MR) is 125 cm³/mol. The van der Waals surface area contributed by atoms with Gasteiger partial charge < -0.3 is 15.4 Å². The molecule has 9 heteroatoms. The lowest BCUT2D eigenvalue weighted by atomic mass is 9.85. The van der Waals surface area contributed by atoms with Gasteiger partial charge in [0.2, 0.25) is 11.8 Å². The number of benzene rings is 2. The Hall–Kier alpha value is -2.87. The average molecular weight is 470 g/mol. The van der Waals surface area contributed by atoms with Gasteiger partial charge in [-0.25, -0.2) is 4.98 Å². The van der Waals surface area contributed by atoms with Gasteiger partial charge in [0.1, 0.15) is 5.56 Å². The third kappa shape index (κ3) is 3.66. The number of carbonyl (C=O) groups excluding carboxylic acids is 1. The molecule has 2 aromatic carbocycles. The lowest BCUT2D eigenvalue weighted by Gasteiger charge is -2.34. The van der Waals surface area contributed by atoms with Crippen LogP contribution < -0.4 is 20.3 Å². The van der Waals surface area contributed by atoms with Crippen molar-refractivity contribution in [3.63, 3.8) is 0 Å². The number of para-hydroxylation sites is 1. The molecule has 2 N–H and O–H groups in total.